The quantitative estimate of drug-likeness (QED) is 0.885. The zero-order valence-corrected chi connectivity index (χ0v) is 12.9. The van der Waals surface area contributed by atoms with Gasteiger partial charge in [0, 0.05) is 26.4 Å². The van der Waals surface area contributed by atoms with Gasteiger partial charge in [0.2, 0.25) is 0 Å². The lowest BCUT2D eigenvalue weighted by Crippen LogP contribution is -2.47. The molecule has 2 unspecified atom stereocenters. The highest BCUT2D eigenvalue weighted by molar-refractivity contribution is 7.15. The van der Waals surface area contributed by atoms with Gasteiger partial charge in [-0.15, -0.1) is 0 Å². The predicted octanol–water partition coefficient (Wildman–Crippen LogP) is 1.86. The van der Waals surface area contributed by atoms with Crippen molar-refractivity contribution in [3.63, 3.8) is 0 Å². The average Bonchev–Trinajstić information content (AvgIpc) is 2.85. The lowest BCUT2D eigenvalue weighted by Gasteiger charge is -2.34. The van der Waals surface area contributed by atoms with Crippen LogP contribution in [-0.2, 0) is 16.1 Å². The van der Waals surface area contributed by atoms with Gasteiger partial charge in [-0.2, -0.15) is 0 Å². The van der Waals surface area contributed by atoms with Crippen molar-refractivity contribution in [2.45, 2.75) is 20.0 Å². The molecule has 0 aliphatic carbocycles. The van der Waals surface area contributed by atoms with E-state index in [1.807, 2.05) is 6.92 Å². The highest BCUT2D eigenvalue weighted by Crippen LogP contribution is 2.24. The van der Waals surface area contributed by atoms with Crippen LogP contribution in [0.3, 0.4) is 0 Å². The Hall–Kier alpha value is -1.67. The first-order valence-electron chi connectivity index (χ1n) is 6.72. The molecule has 21 heavy (non-hydrogen) atoms. The number of hydrogen-bond acceptors (Lipinski definition) is 5. The molecule has 0 bridgehead atoms. The Bertz CT molecular complexity index is 519. The summed E-state index contributed by atoms with van der Waals surface area (Å²) >= 11 is 1.35. The Labute approximate surface area is 126 Å². The van der Waals surface area contributed by atoms with Gasteiger partial charge in [-0.3, -0.25) is 10.1 Å². The summed E-state index contributed by atoms with van der Waals surface area (Å²) in [5, 5.41) is 12.3. The molecule has 1 aliphatic heterocycles. The van der Waals surface area contributed by atoms with Crippen LogP contribution in [0.4, 0.5) is 9.93 Å². The minimum Gasteiger partial charge on any atom is -0.481 e. The summed E-state index contributed by atoms with van der Waals surface area (Å²) in [6.45, 7) is 3.21. The van der Waals surface area contributed by atoms with E-state index in [4.69, 9.17) is 9.84 Å². The number of thiazole rings is 1. The molecule has 7 nitrogen and oxygen atoms in total. The van der Waals surface area contributed by atoms with Crippen molar-refractivity contribution in [3.05, 3.63) is 11.1 Å². The number of nitrogens with zero attached hydrogens (tertiary/aromatic N) is 2. The van der Waals surface area contributed by atoms with Gasteiger partial charge in [-0.25, -0.2) is 9.78 Å². The number of carboxylic acids is 1. The SMILES string of the molecule is COCc1cnc(NC(=O)N2CC(C)CC(C(=O)O)C2)s1. The van der Waals surface area contributed by atoms with E-state index in [-0.39, 0.29) is 18.5 Å². The molecule has 2 heterocycles. The number of methoxy groups -OCH3 is 1. The van der Waals surface area contributed by atoms with Gasteiger partial charge in [0.25, 0.3) is 0 Å². The predicted molar refractivity (Wildman–Crippen MR) is 78.3 cm³/mol. The molecule has 1 saturated heterocycles. The van der Waals surface area contributed by atoms with Crippen molar-refractivity contribution in [1.82, 2.24) is 9.88 Å². The van der Waals surface area contributed by atoms with E-state index in [2.05, 4.69) is 10.3 Å². The maximum absolute atomic E-state index is 12.2. The molecule has 0 spiro atoms. The average molecular weight is 313 g/mol. The van der Waals surface area contributed by atoms with Crippen LogP contribution in [-0.4, -0.2) is 47.2 Å². The lowest BCUT2D eigenvalue weighted by molar-refractivity contribution is -0.143. The zero-order chi connectivity index (χ0) is 15.4. The summed E-state index contributed by atoms with van der Waals surface area (Å²) in [6, 6.07) is -0.300. The minimum atomic E-state index is -0.851. The number of aliphatic carboxylic acids is 1. The smallest absolute Gasteiger partial charge is 0.323 e. The first-order chi connectivity index (χ1) is 9.99. The molecule has 8 heteroatoms. The van der Waals surface area contributed by atoms with Gasteiger partial charge >= 0.3 is 12.0 Å². The number of urea groups is 1. The number of amides is 2. The normalized spacial score (nSPS) is 22.1. The molecule has 1 aliphatic rings. The van der Waals surface area contributed by atoms with Crippen molar-refractivity contribution >= 4 is 28.5 Å². The number of aromatic nitrogens is 1. The highest BCUT2D eigenvalue weighted by atomic mass is 32.1. The van der Waals surface area contributed by atoms with Crippen LogP contribution in [0.15, 0.2) is 6.20 Å². The number of carbonyl (C=O) groups excluding carboxylic acids is 1. The molecule has 2 N–H and O–H groups in total. The maximum atomic E-state index is 12.2. The third-order valence-corrected chi connectivity index (χ3v) is 4.24. The Kier molecular flexibility index (Phi) is 5.13. The number of carbonyl (C=O) groups is 2. The lowest BCUT2D eigenvalue weighted by atomic mass is 9.91. The first kappa shape index (κ1) is 15.7. The first-order valence-corrected chi connectivity index (χ1v) is 7.53. The Balaban J connectivity index is 1.96. The fourth-order valence-corrected chi connectivity index (χ4v) is 3.22. The number of ether oxygens (including phenoxy) is 1. The highest BCUT2D eigenvalue weighted by Gasteiger charge is 2.32. The molecular weight excluding hydrogens is 294 g/mol. The third-order valence-electron chi connectivity index (χ3n) is 3.35. The van der Waals surface area contributed by atoms with E-state index in [1.54, 1.807) is 18.2 Å². The third kappa shape index (κ3) is 4.15. The van der Waals surface area contributed by atoms with E-state index in [1.165, 1.54) is 11.3 Å². The van der Waals surface area contributed by atoms with Gasteiger partial charge in [-0.1, -0.05) is 18.3 Å². The van der Waals surface area contributed by atoms with E-state index in [0.717, 1.165) is 4.88 Å². The summed E-state index contributed by atoms with van der Waals surface area (Å²) < 4.78 is 5.00. The number of carboxylic acid groups (broad SMARTS) is 1. The number of nitrogens with one attached hydrogen (secondary N) is 1. The molecule has 2 atom stereocenters. The Morgan fingerprint density at radius 3 is 3.00 bits per heavy atom. The van der Waals surface area contributed by atoms with Gasteiger partial charge in [0.15, 0.2) is 5.13 Å². The van der Waals surface area contributed by atoms with E-state index in [9.17, 15) is 9.59 Å². The van der Waals surface area contributed by atoms with E-state index >= 15 is 0 Å². The Morgan fingerprint density at radius 2 is 2.33 bits per heavy atom. The van der Waals surface area contributed by atoms with Crippen molar-refractivity contribution in [2.24, 2.45) is 11.8 Å². The van der Waals surface area contributed by atoms with Gasteiger partial charge in [-0.05, 0) is 12.3 Å². The molecule has 2 amide bonds. The van der Waals surface area contributed by atoms with Gasteiger partial charge in [0.1, 0.15) is 0 Å². The van der Waals surface area contributed by atoms with Crippen LogP contribution < -0.4 is 5.32 Å². The second-order valence-electron chi connectivity index (χ2n) is 5.28. The monoisotopic (exact) mass is 313 g/mol. The summed E-state index contributed by atoms with van der Waals surface area (Å²) in [5.74, 6) is -1.18. The molecule has 1 aromatic rings. The number of anilines is 1. The van der Waals surface area contributed by atoms with Gasteiger partial charge < -0.3 is 14.7 Å². The second kappa shape index (κ2) is 6.86. The molecule has 0 saturated carbocycles. The number of rotatable bonds is 4. The summed E-state index contributed by atoms with van der Waals surface area (Å²) in [6.07, 6.45) is 2.26. The molecule has 2 rings (SSSR count). The van der Waals surface area contributed by atoms with Crippen molar-refractivity contribution in [1.29, 1.82) is 0 Å². The molecule has 1 aromatic heterocycles. The van der Waals surface area contributed by atoms with Gasteiger partial charge in [0.05, 0.1) is 17.4 Å². The van der Waals surface area contributed by atoms with E-state index < -0.39 is 11.9 Å². The van der Waals surface area contributed by atoms with Crippen LogP contribution in [0.5, 0.6) is 0 Å². The second-order valence-corrected chi connectivity index (χ2v) is 6.39. The fraction of sp³-hybridized carbons (Fsp3) is 0.615. The summed E-state index contributed by atoms with van der Waals surface area (Å²) in [5.41, 5.74) is 0. The largest absolute Gasteiger partial charge is 0.481 e. The standard InChI is InChI=1S/C13H19N3O4S/c1-8-3-9(11(17)18)6-16(5-8)13(19)15-12-14-4-10(21-12)7-20-2/h4,8-9H,3,5-7H2,1-2H3,(H,17,18)(H,14,15,19). The molecule has 0 radical (unpaired) electrons. The zero-order valence-electron chi connectivity index (χ0n) is 12.0. The van der Waals surface area contributed by atoms with E-state index in [0.29, 0.717) is 24.7 Å². The fourth-order valence-electron chi connectivity index (χ4n) is 2.44. The number of piperidine rings is 1. The minimum absolute atomic E-state index is 0.172. The van der Waals surface area contributed by atoms with Crippen LogP contribution in [0.2, 0.25) is 0 Å². The molecular formula is C13H19N3O4S. The molecule has 1 fully saturated rings. The van der Waals surface area contributed by atoms with Crippen LogP contribution in [0.25, 0.3) is 0 Å². The summed E-state index contributed by atoms with van der Waals surface area (Å²) in [4.78, 5) is 29.9. The Morgan fingerprint density at radius 1 is 1.57 bits per heavy atom. The van der Waals surface area contributed by atoms with Crippen LogP contribution >= 0.6 is 11.3 Å². The number of likely N-dealkylation sites (tertiary alicyclic amines) is 1. The maximum Gasteiger partial charge on any atom is 0.323 e. The number of hydrogen-bond donors (Lipinski definition) is 2. The van der Waals surface area contributed by atoms with Crippen molar-refractivity contribution < 1.29 is 19.4 Å². The van der Waals surface area contributed by atoms with Crippen LogP contribution in [0.1, 0.15) is 18.2 Å². The van der Waals surface area contributed by atoms with Crippen molar-refractivity contribution in [2.75, 3.05) is 25.5 Å². The van der Waals surface area contributed by atoms with Crippen molar-refractivity contribution in [3.8, 4) is 0 Å². The molecule has 116 valence electrons. The topological polar surface area (TPSA) is 91.8 Å². The summed E-state index contributed by atoms with van der Waals surface area (Å²) in [7, 11) is 1.60. The molecule has 0 aromatic carbocycles. The van der Waals surface area contributed by atoms with Crippen LogP contribution in [0, 0.1) is 11.8 Å².